The van der Waals surface area contributed by atoms with Gasteiger partial charge in [0, 0.05) is 42.8 Å². The zero-order valence-electron chi connectivity index (χ0n) is 26.1. The minimum atomic E-state index is -4.69. The number of ether oxygens (including phenoxy) is 3. The van der Waals surface area contributed by atoms with Crippen molar-refractivity contribution >= 4 is 35.7 Å². The quantitative estimate of drug-likeness (QED) is 0.274. The molecular formula is C32H38F3N4O5P. The summed E-state index contributed by atoms with van der Waals surface area (Å²) in [7, 11) is 0.805. The Labute approximate surface area is 261 Å². The lowest BCUT2D eigenvalue weighted by Gasteiger charge is -2.37. The van der Waals surface area contributed by atoms with E-state index in [2.05, 4.69) is 36.1 Å². The third kappa shape index (κ3) is 5.98. The first-order valence-corrected chi connectivity index (χ1v) is 16.2. The molecule has 1 saturated heterocycles. The van der Waals surface area contributed by atoms with Crippen molar-refractivity contribution in [1.82, 2.24) is 4.67 Å². The molecule has 0 aliphatic carbocycles. The number of alkyl halides is 3. The Morgan fingerprint density at radius 3 is 2.31 bits per heavy atom. The van der Waals surface area contributed by atoms with E-state index in [1.807, 2.05) is 7.05 Å². The van der Waals surface area contributed by atoms with Gasteiger partial charge in [0.2, 0.25) is 0 Å². The fourth-order valence-corrected chi connectivity index (χ4v) is 8.50. The van der Waals surface area contributed by atoms with Crippen LogP contribution in [0.2, 0.25) is 0 Å². The first kappa shape index (κ1) is 32.7. The van der Waals surface area contributed by atoms with Gasteiger partial charge < -0.3 is 29.5 Å². The number of hydrogen-bond acceptors (Lipinski definition) is 6. The van der Waals surface area contributed by atoms with Crippen LogP contribution in [0.1, 0.15) is 42.3 Å². The fourth-order valence-electron chi connectivity index (χ4n) is 5.94. The van der Waals surface area contributed by atoms with Gasteiger partial charge in [0.1, 0.15) is 0 Å². The number of rotatable bonds is 8. The van der Waals surface area contributed by atoms with Crippen LogP contribution in [0.15, 0.2) is 54.6 Å². The average Bonchev–Trinajstić information content (AvgIpc) is 3.19. The Kier molecular flexibility index (Phi) is 8.87. The van der Waals surface area contributed by atoms with Crippen molar-refractivity contribution in [1.29, 1.82) is 0 Å². The van der Waals surface area contributed by atoms with Gasteiger partial charge in [-0.1, -0.05) is 26.0 Å². The molecule has 9 nitrogen and oxygen atoms in total. The maximum atomic E-state index is 15.5. The molecule has 1 fully saturated rings. The summed E-state index contributed by atoms with van der Waals surface area (Å²) in [6.07, 6.45) is -4.69. The second kappa shape index (κ2) is 12.2. The van der Waals surface area contributed by atoms with E-state index in [-0.39, 0.29) is 54.6 Å². The number of hydrogen-bond donors (Lipinski definition) is 2. The normalized spacial score (nSPS) is 19.4. The number of para-hydroxylation sites is 1. The van der Waals surface area contributed by atoms with Gasteiger partial charge in [0.15, 0.2) is 11.5 Å². The van der Waals surface area contributed by atoms with Crippen molar-refractivity contribution in [2.75, 3.05) is 62.9 Å². The number of carbonyl (C=O) groups excluding carboxylic acids is 1. The predicted octanol–water partition coefficient (Wildman–Crippen LogP) is 6.35. The number of carbonyl (C=O) groups is 1. The number of nitrogens with one attached hydrogen (secondary N) is 2. The lowest BCUT2D eigenvalue weighted by Crippen LogP contribution is -2.40. The number of methoxy groups -OCH3 is 2. The first-order chi connectivity index (χ1) is 21.2. The molecule has 13 heteroatoms. The van der Waals surface area contributed by atoms with Crippen LogP contribution in [0.25, 0.3) is 0 Å². The lowest BCUT2D eigenvalue weighted by atomic mass is 9.81. The van der Waals surface area contributed by atoms with E-state index >= 15 is 4.57 Å². The highest BCUT2D eigenvalue weighted by molar-refractivity contribution is 7.71. The Bertz CT molecular complexity index is 1640. The largest absolute Gasteiger partial charge is 0.493 e. The van der Waals surface area contributed by atoms with Gasteiger partial charge >= 0.3 is 6.18 Å². The highest BCUT2D eigenvalue weighted by Gasteiger charge is 2.45. The number of benzene rings is 3. The summed E-state index contributed by atoms with van der Waals surface area (Å²) >= 11 is 0. The lowest BCUT2D eigenvalue weighted by molar-refractivity contribution is -0.136. The van der Waals surface area contributed by atoms with Gasteiger partial charge in [-0.3, -0.25) is 9.36 Å². The van der Waals surface area contributed by atoms with E-state index in [0.29, 0.717) is 11.5 Å². The van der Waals surface area contributed by atoms with E-state index in [9.17, 15) is 18.0 Å². The van der Waals surface area contributed by atoms with E-state index in [4.69, 9.17) is 14.2 Å². The third-order valence-corrected chi connectivity index (χ3v) is 11.7. The maximum absolute atomic E-state index is 15.5. The Morgan fingerprint density at radius 1 is 1.00 bits per heavy atom. The highest BCUT2D eigenvalue weighted by atomic mass is 31.2. The third-order valence-electron chi connectivity index (χ3n) is 8.92. The molecule has 2 aliphatic rings. The molecule has 5 rings (SSSR count). The van der Waals surface area contributed by atoms with Gasteiger partial charge in [0.25, 0.3) is 13.4 Å². The summed E-state index contributed by atoms with van der Waals surface area (Å²) in [6.45, 7) is 7.11. The summed E-state index contributed by atoms with van der Waals surface area (Å²) in [4.78, 5) is 15.8. The molecule has 242 valence electrons. The van der Waals surface area contributed by atoms with E-state index in [1.165, 1.54) is 38.5 Å². The number of fused-ring (bicyclic) bond motifs is 1. The molecule has 2 heterocycles. The number of likely N-dealkylation sites (N-methyl/N-ethyl adjacent to an activating group) is 1. The number of nitrogens with zero attached hydrogens (tertiary/aromatic N) is 2. The molecular weight excluding hydrogens is 608 g/mol. The van der Waals surface area contributed by atoms with Crippen LogP contribution in [0.4, 0.5) is 30.2 Å². The van der Waals surface area contributed by atoms with E-state index < -0.39 is 30.5 Å². The topological polar surface area (TPSA) is 92.4 Å². The second-order valence-corrected chi connectivity index (χ2v) is 14.1. The molecule has 3 aromatic rings. The van der Waals surface area contributed by atoms with Crippen molar-refractivity contribution in [3.05, 3.63) is 71.3 Å². The molecule has 2 atom stereocenters. The predicted molar refractivity (Wildman–Crippen MR) is 170 cm³/mol. The molecule has 0 spiro atoms. The summed E-state index contributed by atoms with van der Waals surface area (Å²) in [6, 6.07) is 13.2. The van der Waals surface area contributed by atoms with Crippen molar-refractivity contribution in [3.63, 3.8) is 0 Å². The molecule has 0 bridgehead atoms. The molecule has 0 radical (unpaired) electrons. The summed E-state index contributed by atoms with van der Waals surface area (Å²) < 4.78 is 75.8. The van der Waals surface area contributed by atoms with Crippen LogP contribution in [0.3, 0.4) is 0 Å². The number of morpholine rings is 1. The van der Waals surface area contributed by atoms with Crippen LogP contribution in [-0.4, -0.2) is 64.2 Å². The van der Waals surface area contributed by atoms with Crippen LogP contribution in [-0.2, 0) is 20.9 Å². The van der Waals surface area contributed by atoms with Crippen LogP contribution in [0, 0.1) is 0 Å². The zero-order chi connectivity index (χ0) is 32.7. The van der Waals surface area contributed by atoms with E-state index in [0.717, 1.165) is 17.3 Å². The fraction of sp³-hybridized carbons (Fsp3) is 0.406. The summed E-state index contributed by atoms with van der Waals surface area (Å²) in [5.41, 5.74) is 0.505. The Morgan fingerprint density at radius 2 is 1.67 bits per heavy atom. The molecule has 0 saturated carbocycles. The summed E-state index contributed by atoms with van der Waals surface area (Å²) in [5, 5.41) is 5.98. The second-order valence-electron chi connectivity index (χ2n) is 11.7. The molecule has 2 aliphatic heterocycles. The van der Waals surface area contributed by atoms with Gasteiger partial charge in [0.05, 0.1) is 49.7 Å². The molecule has 0 aromatic heterocycles. The smallest absolute Gasteiger partial charge is 0.418 e. The van der Waals surface area contributed by atoms with Crippen molar-refractivity contribution < 1.29 is 36.7 Å². The Balaban J connectivity index is 1.71. The molecule has 0 unspecified atom stereocenters. The van der Waals surface area contributed by atoms with Crippen molar-refractivity contribution in [2.24, 2.45) is 0 Å². The van der Waals surface area contributed by atoms with Crippen LogP contribution in [0.5, 0.6) is 11.5 Å². The Hall–Kier alpha value is -3.73. The van der Waals surface area contributed by atoms with Gasteiger partial charge in [-0.15, -0.1) is 0 Å². The van der Waals surface area contributed by atoms with Gasteiger partial charge in [-0.25, -0.2) is 4.67 Å². The molecule has 2 N–H and O–H groups in total. The van der Waals surface area contributed by atoms with Gasteiger partial charge in [-0.05, 0) is 55.0 Å². The van der Waals surface area contributed by atoms with Gasteiger partial charge in [-0.2, -0.15) is 13.2 Å². The highest BCUT2D eigenvalue weighted by Crippen LogP contribution is 2.55. The molecule has 45 heavy (non-hydrogen) atoms. The number of anilines is 3. The van der Waals surface area contributed by atoms with E-state index in [1.54, 1.807) is 28.9 Å². The van der Waals surface area contributed by atoms with Crippen LogP contribution >= 0.6 is 7.44 Å². The maximum Gasteiger partial charge on any atom is 0.418 e. The molecule has 1 amide bonds. The summed E-state index contributed by atoms with van der Waals surface area (Å²) in [5.74, 6) is 0.267. The minimum Gasteiger partial charge on any atom is -0.493 e. The minimum absolute atomic E-state index is 0.0406. The first-order valence-electron chi connectivity index (χ1n) is 14.6. The number of amides is 1. The monoisotopic (exact) mass is 646 g/mol. The van der Waals surface area contributed by atoms with Crippen molar-refractivity contribution in [2.45, 2.75) is 38.4 Å². The van der Waals surface area contributed by atoms with Crippen molar-refractivity contribution in [3.8, 4) is 11.5 Å². The number of halogens is 3. The molecule has 3 aromatic carbocycles. The van der Waals surface area contributed by atoms with Crippen LogP contribution < -0.4 is 30.1 Å². The average molecular weight is 647 g/mol. The standard InChI is InChI=1S/C32H38F3N4O5P/c1-20-31(2,3)23-18-29(25(19-26(23)38(20)4)36-30(40)21-11-12-27(42-5)28(17-21)43-6)45(41,39-13-15-44-16-14-39)37-24-10-8-7-9-22(24)32(33,34)35/h7-12,17-20H,13-16H2,1-6H3,(H,36,40)(H,37,41)/t20-,45+/m0/s1. The zero-order valence-corrected chi connectivity index (χ0v) is 27.0. The SMILES string of the molecule is COc1ccc(C(=O)Nc2cc3c(cc2[P@@](=O)(Nc2ccccc2C(F)(F)F)N2CCOCC2)C(C)(C)[C@H](C)N3C)cc1OC.